The van der Waals surface area contributed by atoms with E-state index in [1.165, 1.54) is 35.6 Å². The Labute approximate surface area is 202 Å². The lowest BCUT2D eigenvalue weighted by molar-refractivity contribution is -0.136. The number of sulfonamides is 1. The molecule has 7 nitrogen and oxygen atoms in total. The topological polar surface area (TPSA) is 99.6 Å². The molecule has 2 heterocycles. The number of carboxylic acids is 1. The van der Waals surface area contributed by atoms with Gasteiger partial charge < -0.3 is 5.11 Å². The van der Waals surface area contributed by atoms with Crippen molar-refractivity contribution < 1.29 is 18.3 Å². The second-order valence-corrected chi connectivity index (χ2v) is 11.6. The lowest BCUT2D eigenvalue weighted by atomic mass is 10.0. The van der Waals surface area contributed by atoms with Crippen molar-refractivity contribution in [3.8, 4) is 0 Å². The number of hydrogen-bond acceptors (Lipinski definition) is 6. The maximum atomic E-state index is 12.8. The van der Waals surface area contributed by atoms with Crippen molar-refractivity contribution in [2.45, 2.75) is 44.3 Å². The van der Waals surface area contributed by atoms with Crippen molar-refractivity contribution in [3.05, 3.63) is 75.3 Å². The first-order chi connectivity index (χ1) is 15.6. The van der Waals surface area contributed by atoms with Crippen LogP contribution < -0.4 is 4.72 Å². The summed E-state index contributed by atoms with van der Waals surface area (Å²) < 4.78 is 28.2. The minimum Gasteiger partial charge on any atom is -0.481 e. The second kappa shape index (κ2) is 9.42. The molecule has 33 heavy (non-hydrogen) atoms. The van der Waals surface area contributed by atoms with Gasteiger partial charge in [0, 0.05) is 23.0 Å². The maximum Gasteiger partial charge on any atom is 0.307 e. The van der Waals surface area contributed by atoms with Crippen molar-refractivity contribution in [2.75, 3.05) is 4.72 Å². The first-order valence-corrected chi connectivity index (χ1v) is 13.1. The average molecular weight is 506 g/mol. The van der Waals surface area contributed by atoms with Crippen LogP contribution in [0.2, 0.25) is 5.02 Å². The number of thiazole rings is 1. The monoisotopic (exact) mass is 505 g/mol. The van der Waals surface area contributed by atoms with Crippen molar-refractivity contribution >= 4 is 44.1 Å². The Morgan fingerprint density at radius 3 is 2.42 bits per heavy atom. The molecule has 2 aromatic carbocycles. The molecule has 0 aliphatic carbocycles. The van der Waals surface area contributed by atoms with Gasteiger partial charge in [-0.1, -0.05) is 61.1 Å². The Balaban J connectivity index is 1.51. The molecular formula is C23H24ClN3O4S2. The number of benzene rings is 2. The maximum absolute atomic E-state index is 12.8. The number of hydrogen-bond donors (Lipinski definition) is 2. The largest absolute Gasteiger partial charge is 0.481 e. The SMILES string of the molecule is CC(C)C1c2nc(NS(=O)(=O)c3ccc(CC(=O)O)cc3)sc2CN1Cc1ccc(Cl)cc1. The molecule has 0 bridgehead atoms. The van der Waals surface area contributed by atoms with E-state index in [0.29, 0.717) is 28.2 Å². The highest BCUT2D eigenvalue weighted by Gasteiger charge is 2.36. The van der Waals surface area contributed by atoms with Gasteiger partial charge in [0.05, 0.1) is 23.1 Å². The number of rotatable bonds is 8. The summed E-state index contributed by atoms with van der Waals surface area (Å²) in [5.41, 5.74) is 2.61. The Morgan fingerprint density at radius 2 is 1.82 bits per heavy atom. The van der Waals surface area contributed by atoms with Crippen LogP contribution in [0.1, 0.15) is 41.6 Å². The minimum absolute atomic E-state index is 0.0665. The lowest BCUT2D eigenvalue weighted by Gasteiger charge is -2.27. The average Bonchev–Trinajstić information content (AvgIpc) is 3.25. The van der Waals surface area contributed by atoms with Crippen LogP contribution in [0.4, 0.5) is 5.13 Å². The second-order valence-electron chi connectivity index (χ2n) is 8.37. The summed E-state index contributed by atoms with van der Waals surface area (Å²) in [5.74, 6) is -0.669. The summed E-state index contributed by atoms with van der Waals surface area (Å²) in [4.78, 5) is 18.9. The molecule has 0 spiro atoms. The van der Waals surface area contributed by atoms with Crippen LogP contribution in [0.15, 0.2) is 53.4 Å². The summed E-state index contributed by atoms with van der Waals surface area (Å²) >= 11 is 7.35. The normalized spacial score (nSPS) is 16.2. The number of fused-ring (bicyclic) bond motifs is 1. The zero-order valence-electron chi connectivity index (χ0n) is 18.2. The number of halogens is 1. The molecule has 1 aromatic heterocycles. The number of carboxylic acid groups (broad SMARTS) is 1. The number of aromatic nitrogens is 1. The number of carbonyl (C=O) groups is 1. The molecule has 4 rings (SSSR count). The van der Waals surface area contributed by atoms with Gasteiger partial charge in [0.25, 0.3) is 10.0 Å². The summed E-state index contributed by atoms with van der Waals surface area (Å²) in [5, 5.41) is 9.92. The number of nitrogens with one attached hydrogen (secondary N) is 1. The van der Waals surface area contributed by atoms with Crippen LogP contribution in [0.25, 0.3) is 0 Å². The van der Waals surface area contributed by atoms with Gasteiger partial charge >= 0.3 is 5.97 Å². The van der Waals surface area contributed by atoms with Crippen LogP contribution in [0, 0.1) is 5.92 Å². The van der Waals surface area contributed by atoms with Crippen LogP contribution in [-0.2, 0) is 34.3 Å². The molecule has 10 heteroatoms. The third kappa shape index (κ3) is 5.38. The fourth-order valence-corrected chi connectivity index (χ4v) is 6.45. The van der Waals surface area contributed by atoms with E-state index >= 15 is 0 Å². The van der Waals surface area contributed by atoms with E-state index in [2.05, 4.69) is 28.5 Å². The fourth-order valence-electron chi connectivity index (χ4n) is 4.06. The van der Waals surface area contributed by atoms with Crippen molar-refractivity contribution in [3.63, 3.8) is 0 Å². The lowest BCUT2D eigenvalue weighted by Crippen LogP contribution is -2.26. The van der Waals surface area contributed by atoms with Crippen LogP contribution in [-0.4, -0.2) is 29.4 Å². The van der Waals surface area contributed by atoms with Gasteiger partial charge in [-0.3, -0.25) is 14.4 Å². The highest BCUT2D eigenvalue weighted by molar-refractivity contribution is 7.93. The highest BCUT2D eigenvalue weighted by atomic mass is 35.5. The van der Waals surface area contributed by atoms with E-state index in [9.17, 15) is 13.2 Å². The van der Waals surface area contributed by atoms with Gasteiger partial charge in [-0.25, -0.2) is 13.4 Å². The predicted molar refractivity (Wildman–Crippen MR) is 129 cm³/mol. The van der Waals surface area contributed by atoms with Gasteiger partial charge in [-0.2, -0.15) is 0 Å². The quantitative estimate of drug-likeness (QED) is 0.450. The van der Waals surface area contributed by atoms with Gasteiger partial charge in [-0.15, -0.1) is 0 Å². The fraction of sp³-hybridized carbons (Fsp3) is 0.304. The van der Waals surface area contributed by atoms with Gasteiger partial charge in [-0.05, 0) is 41.3 Å². The van der Waals surface area contributed by atoms with Gasteiger partial charge in [0.1, 0.15) is 0 Å². The number of anilines is 1. The van der Waals surface area contributed by atoms with Gasteiger partial charge in [0.2, 0.25) is 0 Å². The molecule has 0 saturated heterocycles. The van der Waals surface area contributed by atoms with Gasteiger partial charge in [0.15, 0.2) is 5.13 Å². The van der Waals surface area contributed by atoms with Crippen molar-refractivity contribution in [2.24, 2.45) is 5.92 Å². The molecule has 0 fully saturated rings. The molecule has 174 valence electrons. The molecule has 1 unspecified atom stereocenters. The summed E-state index contributed by atoms with van der Waals surface area (Å²) in [7, 11) is -3.83. The van der Waals surface area contributed by atoms with Crippen LogP contribution in [0.3, 0.4) is 0 Å². The first kappa shape index (κ1) is 23.7. The molecule has 0 amide bonds. The molecule has 1 aliphatic rings. The number of nitrogens with zero attached hydrogens (tertiary/aromatic N) is 2. The van der Waals surface area contributed by atoms with Crippen LogP contribution in [0.5, 0.6) is 0 Å². The zero-order valence-corrected chi connectivity index (χ0v) is 20.5. The minimum atomic E-state index is -3.83. The molecular weight excluding hydrogens is 482 g/mol. The molecule has 0 saturated carbocycles. The third-order valence-electron chi connectivity index (χ3n) is 5.49. The van der Waals surface area contributed by atoms with E-state index in [-0.39, 0.29) is 17.4 Å². The molecule has 1 aliphatic heterocycles. The summed E-state index contributed by atoms with van der Waals surface area (Å²) in [6.07, 6.45) is -0.157. The van der Waals surface area contributed by atoms with E-state index in [0.717, 1.165) is 22.7 Å². The molecule has 3 aromatic rings. The third-order valence-corrected chi connectivity index (χ3v) is 8.20. The Hall–Kier alpha value is -2.46. The summed E-state index contributed by atoms with van der Waals surface area (Å²) in [6.45, 7) is 5.73. The van der Waals surface area contributed by atoms with Crippen molar-refractivity contribution in [1.82, 2.24) is 9.88 Å². The van der Waals surface area contributed by atoms with E-state index in [1.54, 1.807) is 0 Å². The Morgan fingerprint density at radius 1 is 1.18 bits per heavy atom. The van der Waals surface area contributed by atoms with Crippen LogP contribution >= 0.6 is 22.9 Å². The molecule has 0 radical (unpaired) electrons. The Kier molecular flexibility index (Phi) is 6.76. The predicted octanol–water partition coefficient (Wildman–Crippen LogP) is 4.94. The molecule has 2 N–H and O–H groups in total. The van der Waals surface area contributed by atoms with E-state index in [1.807, 2.05) is 24.3 Å². The summed E-state index contributed by atoms with van der Waals surface area (Å²) in [6, 6.07) is 13.7. The van der Waals surface area contributed by atoms with E-state index in [4.69, 9.17) is 16.7 Å². The zero-order chi connectivity index (χ0) is 23.8. The van der Waals surface area contributed by atoms with Crippen molar-refractivity contribution in [1.29, 1.82) is 0 Å². The highest BCUT2D eigenvalue weighted by Crippen LogP contribution is 2.43. The molecule has 1 atom stereocenters. The van der Waals surface area contributed by atoms with E-state index < -0.39 is 16.0 Å². The first-order valence-electron chi connectivity index (χ1n) is 10.4. The standard InChI is InChI=1S/C23H24ClN3O4S2/c1-14(2)22-21-19(13-27(22)12-16-3-7-17(24)8-4-16)32-23(25-21)26-33(30,31)18-9-5-15(6-10-18)11-20(28)29/h3-10,14,22H,11-13H2,1-2H3,(H,25,26)(H,28,29). The Bertz CT molecular complexity index is 1260. The number of aliphatic carboxylic acids is 1. The smallest absolute Gasteiger partial charge is 0.307 e.